The van der Waals surface area contributed by atoms with Crippen LogP contribution in [-0.2, 0) is 9.53 Å². The summed E-state index contributed by atoms with van der Waals surface area (Å²) >= 11 is 0. The Morgan fingerprint density at radius 1 is 1.28 bits per heavy atom. The third-order valence-electron chi connectivity index (χ3n) is 3.93. The fourth-order valence-corrected chi connectivity index (χ4v) is 2.74. The number of nitriles is 1. The normalized spacial score (nSPS) is 15.9. The maximum atomic E-state index is 12.2. The van der Waals surface area contributed by atoms with E-state index in [1.165, 1.54) is 18.2 Å². The molecule has 25 heavy (non-hydrogen) atoms. The second-order valence-electron chi connectivity index (χ2n) is 5.79. The number of hydrogen-bond acceptors (Lipinski definition) is 5. The van der Waals surface area contributed by atoms with Gasteiger partial charge in [-0.05, 0) is 31.0 Å². The van der Waals surface area contributed by atoms with Crippen molar-refractivity contribution in [2.45, 2.75) is 44.3 Å². The third kappa shape index (κ3) is 5.41. The van der Waals surface area contributed by atoms with Crippen molar-refractivity contribution in [1.82, 2.24) is 5.32 Å². The summed E-state index contributed by atoms with van der Waals surface area (Å²) in [6.45, 7) is -3.56. The van der Waals surface area contributed by atoms with Gasteiger partial charge in [0.25, 0.3) is 5.91 Å². The van der Waals surface area contributed by atoms with E-state index in [4.69, 9.17) is 4.74 Å². The van der Waals surface area contributed by atoms with Crippen LogP contribution in [0.1, 0.15) is 42.5 Å². The molecule has 0 aliphatic heterocycles. The van der Waals surface area contributed by atoms with Gasteiger partial charge in [-0.3, -0.25) is 4.79 Å². The highest BCUT2D eigenvalue weighted by Gasteiger charge is 2.33. The zero-order valence-corrected chi connectivity index (χ0v) is 13.5. The van der Waals surface area contributed by atoms with Gasteiger partial charge in [0.05, 0.1) is 11.6 Å². The number of ether oxygens (including phenoxy) is 2. The van der Waals surface area contributed by atoms with Crippen LogP contribution >= 0.6 is 0 Å². The summed E-state index contributed by atoms with van der Waals surface area (Å²) < 4.78 is 33.4. The van der Waals surface area contributed by atoms with E-state index in [2.05, 4.69) is 16.1 Å². The number of nitrogens with zero attached hydrogens (tertiary/aromatic N) is 1. The van der Waals surface area contributed by atoms with E-state index >= 15 is 0 Å². The van der Waals surface area contributed by atoms with Gasteiger partial charge in [0, 0.05) is 0 Å². The molecule has 0 radical (unpaired) electrons. The Morgan fingerprint density at radius 3 is 2.64 bits per heavy atom. The smallest absolute Gasteiger partial charge is 0.387 e. The van der Waals surface area contributed by atoms with E-state index in [0.29, 0.717) is 12.8 Å². The van der Waals surface area contributed by atoms with Crippen molar-refractivity contribution in [1.29, 1.82) is 5.26 Å². The van der Waals surface area contributed by atoms with Gasteiger partial charge in [-0.1, -0.05) is 25.3 Å². The molecule has 0 bridgehead atoms. The fourth-order valence-electron chi connectivity index (χ4n) is 2.74. The quantitative estimate of drug-likeness (QED) is 0.795. The topological polar surface area (TPSA) is 88.4 Å². The van der Waals surface area contributed by atoms with E-state index in [1.54, 1.807) is 0 Å². The molecule has 2 rings (SSSR count). The van der Waals surface area contributed by atoms with Crippen LogP contribution < -0.4 is 10.1 Å². The summed E-state index contributed by atoms with van der Waals surface area (Å²) in [6.07, 6.45) is 3.85. The highest BCUT2D eigenvalue weighted by atomic mass is 19.3. The summed E-state index contributed by atoms with van der Waals surface area (Å²) in [6, 6.07) is 7.23. The van der Waals surface area contributed by atoms with Crippen molar-refractivity contribution >= 4 is 11.9 Å². The summed E-state index contributed by atoms with van der Waals surface area (Å²) in [7, 11) is 0. The summed E-state index contributed by atoms with van der Waals surface area (Å²) in [5.41, 5.74) is -0.925. The molecule has 6 nitrogen and oxygen atoms in total. The monoisotopic (exact) mass is 352 g/mol. The van der Waals surface area contributed by atoms with E-state index in [9.17, 15) is 23.6 Å². The van der Waals surface area contributed by atoms with Gasteiger partial charge in [0.15, 0.2) is 6.61 Å². The predicted molar refractivity (Wildman–Crippen MR) is 82.9 cm³/mol. The molecule has 0 unspecified atom stereocenters. The predicted octanol–water partition coefficient (Wildman–Crippen LogP) is 2.79. The second kappa shape index (κ2) is 8.42. The average Bonchev–Trinajstić information content (AvgIpc) is 2.60. The molecule has 1 aliphatic rings. The van der Waals surface area contributed by atoms with Crippen LogP contribution in [0.15, 0.2) is 24.3 Å². The molecule has 0 spiro atoms. The van der Waals surface area contributed by atoms with Crippen LogP contribution in [0.3, 0.4) is 0 Å². The Kier molecular flexibility index (Phi) is 6.28. The SMILES string of the molecule is N#CC1(NC(=O)COC(=O)c2cccc(OC(F)F)c2)CCCCC1. The van der Waals surface area contributed by atoms with Crippen molar-refractivity contribution < 1.29 is 27.8 Å². The Balaban J connectivity index is 1.89. The molecule has 0 saturated heterocycles. The molecule has 1 amide bonds. The minimum atomic E-state index is -3.00. The van der Waals surface area contributed by atoms with Gasteiger partial charge in [0.2, 0.25) is 0 Å². The number of benzene rings is 1. The van der Waals surface area contributed by atoms with E-state index in [1.807, 2.05) is 0 Å². The molecule has 1 aromatic rings. The standard InChI is InChI=1S/C17H18F2N2O4/c18-16(19)25-13-6-4-5-12(9-13)15(23)24-10-14(22)21-17(11-20)7-2-1-3-8-17/h4-6,9,16H,1-3,7-8,10H2,(H,21,22). The Labute approximate surface area is 143 Å². The van der Waals surface area contributed by atoms with Gasteiger partial charge in [0.1, 0.15) is 11.3 Å². The molecule has 134 valence electrons. The average molecular weight is 352 g/mol. The summed E-state index contributed by atoms with van der Waals surface area (Å²) in [5.74, 6) is -1.60. The first kappa shape index (κ1) is 18.6. The fraction of sp³-hybridized carbons (Fsp3) is 0.471. The zero-order chi connectivity index (χ0) is 18.3. The van der Waals surface area contributed by atoms with E-state index in [-0.39, 0.29) is 11.3 Å². The molecule has 0 heterocycles. The minimum absolute atomic E-state index is 0.0152. The lowest BCUT2D eigenvalue weighted by molar-refractivity contribution is -0.125. The zero-order valence-electron chi connectivity index (χ0n) is 13.5. The van der Waals surface area contributed by atoms with Gasteiger partial charge < -0.3 is 14.8 Å². The van der Waals surface area contributed by atoms with Crippen molar-refractivity contribution in [3.05, 3.63) is 29.8 Å². The lowest BCUT2D eigenvalue weighted by Crippen LogP contribution is -2.50. The van der Waals surface area contributed by atoms with Crippen LogP contribution in [-0.4, -0.2) is 30.6 Å². The molecule has 1 fully saturated rings. The van der Waals surface area contributed by atoms with Gasteiger partial charge >= 0.3 is 12.6 Å². The van der Waals surface area contributed by atoms with Gasteiger partial charge in [-0.2, -0.15) is 14.0 Å². The van der Waals surface area contributed by atoms with Crippen molar-refractivity contribution in [2.24, 2.45) is 0 Å². The molecule has 0 aromatic heterocycles. The number of alkyl halides is 2. The maximum absolute atomic E-state index is 12.2. The first-order valence-corrected chi connectivity index (χ1v) is 7.88. The van der Waals surface area contributed by atoms with Crippen LogP contribution in [0.25, 0.3) is 0 Å². The molecule has 1 aromatic carbocycles. The number of esters is 1. The first-order valence-electron chi connectivity index (χ1n) is 7.88. The Bertz CT molecular complexity index is 667. The van der Waals surface area contributed by atoms with Gasteiger partial charge in [-0.25, -0.2) is 4.79 Å². The van der Waals surface area contributed by atoms with E-state index in [0.717, 1.165) is 25.3 Å². The molecule has 8 heteroatoms. The van der Waals surface area contributed by atoms with E-state index < -0.39 is 30.6 Å². The number of hydrogen-bond donors (Lipinski definition) is 1. The molecule has 1 N–H and O–H groups in total. The lowest BCUT2D eigenvalue weighted by Gasteiger charge is -2.31. The molecule has 1 saturated carbocycles. The number of carbonyl (C=O) groups excluding carboxylic acids is 2. The molecular formula is C17H18F2N2O4. The first-order chi connectivity index (χ1) is 11.9. The van der Waals surface area contributed by atoms with Gasteiger partial charge in [-0.15, -0.1) is 0 Å². The van der Waals surface area contributed by atoms with Crippen molar-refractivity contribution in [3.63, 3.8) is 0 Å². The van der Waals surface area contributed by atoms with Crippen molar-refractivity contribution in [2.75, 3.05) is 6.61 Å². The largest absolute Gasteiger partial charge is 0.452 e. The van der Waals surface area contributed by atoms with Crippen LogP contribution in [0.4, 0.5) is 8.78 Å². The molecular weight excluding hydrogens is 334 g/mol. The molecule has 0 atom stereocenters. The maximum Gasteiger partial charge on any atom is 0.387 e. The van der Waals surface area contributed by atoms with Crippen molar-refractivity contribution in [3.8, 4) is 11.8 Å². The summed E-state index contributed by atoms with van der Waals surface area (Å²) in [4.78, 5) is 23.9. The lowest BCUT2D eigenvalue weighted by atomic mass is 9.83. The number of halogens is 2. The third-order valence-corrected chi connectivity index (χ3v) is 3.93. The number of nitrogens with one attached hydrogen (secondary N) is 1. The Morgan fingerprint density at radius 2 is 2.00 bits per heavy atom. The van der Waals surface area contributed by atoms with Crippen LogP contribution in [0.5, 0.6) is 5.75 Å². The minimum Gasteiger partial charge on any atom is -0.452 e. The number of amides is 1. The highest BCUT2D eigenvalue weighted by molar-refractivity contribution is 5.91. The number of rotatable bonds is 6. The van der Waals surface area contributed by atoms with Crippen LogP contribution in [0.2, 0.25) is 0 Å². The number of carbonyl (C=O) groups is 2. The highest BCUT2D eigenvalue weighted by Crippen LogP contribution is 2.27. The van der Waals surface area contributed by atoms with Crippen LogP contribution in [0, 0.1) is 11.3 Å². The molecule has 1 aliphatic carbocycles. The summed E-state index contributed by atoms with van der Waals surface area (Å²) in [5, 5.41) is 11.9. The Hall–Kier alpha value is -2.69. The second-order valence-corrected chi connectivity index (χ2v) is 5.79.